The highest BCUT2D eigenvalue weighted by atomic mass is 16.7. The molecule has 2 saturated carbocycles. The van der Waals surface area contributed by atoms with E-state index in [0.717, 1.165) is 49.8 Å². The van der Waals surface area contributed by atoms with Crippen LogP contribution >= 0.6 is 0 Å². The molecule has 0 aromatic heterocycles. The Kier molecular flexibility index (Phi) is 5.59. The topological polar surface area (TPSA) is 47.9 Å². The fraction of sp³-hybridized carbons (Fsp3) is 0.613. The molecule has 1 saturated heterocycles. The summed E-state index contributed by atoms with van der Waals surface area (Å²) in [5, 5.41) is 11.5. The Morgan fingerprint density at radius 3 is 2.54 bits per heavy atom. The third-order valence-electron chi connectivity index (χ3n) is 10.2. The number of allylic oxidation sites excluding steroid dienone is 1. The molecule has 4 aliphatic carbocycles. The summed E-state index contributed by atoms with van der Waals surface area (Å²) < 4.78 is 17.9. The molecule has 0 amide bonds. The predicted octanol–water partition coefficient (Wildman–Crippen LogP) is 6.37. The first-order valence-electron chi connectivity index (χ1n) is 13.6. The minimum atomic E-state index is -0.694. The van der Waals surface area contributed by atoms with Gasteiger partial charge in [-0.3, -0.25) is 0 Å². The lowest BCUT2D eigenvalue weighted by atomic mass is 9.48. The van der Waals surface area contributed by atoms with Crippen LogP contribution in [-0.4, -0.2) is 36.3 Å². The standard InChI is InChI=1S/C31H40O4/c1-5-33-20(2)21-6-8-22(9-7-21)26-19-29(3)27(13-14-30(29,4)32)25-11-10-23-18-31(34-16-17-35-31)15-12-24(23)28(25)26/h6-10,13,24-26,28,32H,2,5,11-12,14-19H2,1,3-4H3/t24-,25-,26+,28+,29-,30-/m0/s1. The third-order valence-corrected chi connectivity index (χ3v) is 10.2. The zero-order valence-corrected chi connectivity index (χ0v) is 21.5. The van der Waals surface area contributed by atoms with E-state index in [1.807, 2.05) is 13.8 Å². The van der Waals surface area contributed by atoms with Crippen LogP contribution in [0.15, 0.2) is 54.1 Å². The van der Waals surface area contributed by atoms with E-state index in [2.05, 4.69) is 49.9 Å². The fourth-order valence-corrected chi connectivity index (χ4v) is 8.17. The van der Waals surface area contributed by atoms with Gasteiger partial charge in [0.2, 0.25) is 0 Å². The molecule has 188 valence electrons. The zero-order chi connectivity index (χ0) is 24.4. The minimum absolute atomic E-state index is 0.189. The number of hydrogen-bond donors (Lipinski definition) is 1. The maximum atomic E-state index is 11.5. The maximum absolute atomic E-state index is 11.5. The highest BCUT2D eigenvalue weighted by molar-refractivity contribution is 5.58. The summed E-state index contributed by atoms with van der Waals surface area (Å²) in [6, 6.07) is 8.90. The third kappa shape index (κ3) is 3.59. The van der Waals surface area contributed by atoms with Gasteiger partial charge in [0.15, 0.2) is 5.79 Å². The Balaban J connectivity index is 1.38. The molecule has 6 atom stereocenters. The lowest BCUT2D eigenvalue weighted by Crippen LogP contribution is -2.52. The van der Waals surface area contributed by atoms with E-state index in [0.29, 0.717) is 43.5 Å². The fourth-order valence-electron chi connectivity index (χ4n) is 8.17. The monoisotopic (exact) mass is 476 g/mol. The lowest BCUT2D eigenvalue weighted by Gasteiger charge is -2.57. The summed E-state index contributed by atoms with van der Waals surface area (Å²) >= 11 is 0. The van der Waals surface area contributed by atoms with Crippen molar-refractivity contribution in [1.29, 1.82) is 0 Å². The van der Waals surface area contributed by atoms with Gasteiger partial charge in [-0.25, -0.2) is 0 Å². The summed E-state index contributed by atoms with van der Waals surface area (Å²) in [6.07, 6.45) is 10.7. The number of benzene rings is 1. The zero-order valence-electron chi connectivity index (χ0n) is 21.5. The molecule has 1 aromatic carbocycles. The van der Waals surface area contributed by atoms with Gasteiger partial charge in [0, 0.05) is 23.8 Å². The minimum Gasteiger partial charge on any atom is -0.494 e. The SMILES string of the molecule is C=C(OCC)c1ccc([C@H]2C[C@@]3(C)C(=CC[C@]3(C)O)[C@@H]3CC=C4CC5(CC[C@@H]4[C@@H]23)OCCO5)cc1. The Morgan fingerprint density at radius 1 is 1.09 bits per heavy atom. The lowest BCUT2D eigenvalue weighted by molar-refractivity contribution is -0.175. The normalized spacial score (nSPS) is 39.3. The first-order chi connectivity index (χ1) is 16.8. The van der Waals surface area contributed by atoms with Crippen LogP contribution < -0.4 is 0 Å². The van der Waals surface area contributed by atoms with Crippen LogP contribution in [0.25, 0.3) is 5.76 Å². The highest BCUT2D eigenvalue weighted by Crippen LogP contribution is 2.66. The smallest absolute Gasteiger partial charge is 0.172 e. The maximum Gasteiger partial charge on any atom is 0.172 e. The molecule has 1 heterocycles. The Hall–Kier alpha value is -1.88. The molecule has 1 spiro atoms. The van der Waals surface area contributed by atoms with Gasteiger partial charge in [0.05, 0.1) is 25.4 Å². The van der Waals surface area contributed by atoms with Crippen molar-refractivity contribution in [3.63, 3.8) is 0 Å². The van der Waals surface area contributed by atoms with E-state index in [1.54, 1.807) is 5.57 Å². The largest absolute Gasteiger partial charge is 0.494 e. The number of aliphatic hydroxyl groups is 1. The summed E-state index contributed by atoms with van der Waals surface area (Å²) in [5.41, 5.74) is 4.59. The van der Waals surface area contributed by atoms with E-state index in [9.17, 15) is 5.11 Å². The molecular formula is C31H40O4. The highest BCUT2D eigenvalue weighted by Gasteiger charge is 2.60. The summed E-state index contributed by atoms with van der Waals surface area (Å²) in [4.78, 5) is 0. The molecule has 1 aliphatic heterocycles. The number of hydrogen-bond acceptors (Lipinski definition) is 4. The number of ether oxygens (including phenoxy) is 3. The van der Waals surface area contributed by atoms with Gasteiger partial charge in [0.1, 0.15) is 5.76 Å². The van der Waals surface area contributed by atoms with Crippen LogP contribution in [-0.2, 0) is 14.2 Å². The second-order valence-electron chi connectivity index (χ2n) is 11.9. The second kappa shape index (κ2) is 8.33. The van der Waals surface area contributed by atoms with Gasteiger partial charge in [-0.05, 0) is 68.8 Å². The van der Waals surface area contributed by atoms with Crippen molar-refractivity contribution in [3.8, 4) is 0 Å². The average Bonchev–Trinajstić information content (AvgIpc) is 3.39. The van der Waals surface area contributed by atoms with Gasteiger partial charge >= 0.3 is 0 Å². The van der Waals surface area contributed by atoms with E-state index < -0.39 is 5.60 Å². The van der Waals surface area contributed by atoms with Crippen molar-refractivity contribution >= 4 is 5.76 Å². The van der Waals surface area contributed by atoms with Crippen molar-refractivity contribution < 1.29 is 19.3 Å². The van der Waals surface area contributed by atoms with Crippen LogP contribution in [0.2, 0.25) is 0 Å². The van der Waals surface area contributed by atoms with Gasteiger partial charge in [-0.1, -0.05) is 61.1 Å². The molecule has 1 N–H and O–H groups in total. The first-order valence-corrected chi connectivity index (χ1v) is 13.6. The average molecular weight is 477 g/mol. The molecule has 0 bridgehead atoms. The molecule has 6 rings (SSSR count). The van der Waals surface area contributed by atoms with Crippen LogP contribution in [0.5, 0.6) is 0 Å². The number of rotatable bonds is 4. The van der Waals surface area contributed by atoms with E-state index in [1.165, 1.54) is 11.1 Å². The van der Waals surface area contributed by atoms with Crippen LogP contribution in [0, 0.1) is 23.2 Å². The Labute approximate surface area is 210 Å². The second-order valence-corrected chi connectivity index (χ2v) is 11.9. The van der Waals surface area contributed by atoms with Gasteiger partial charge < -0.3 is 19.3 Å². The van der Waals surface area contributed by atoms with Crippen LogP contribution in [0.3, 0.4) is 0 Å². The first kappa shape index (κ1) is 23.5. The van der Waals surface area contributed by atoms with Crippen LogP contribution in [0.1, 0.15) is 76.3 Å². The van der Waals surface area contributed by atoms with E-state index in [4.69, 9.17) is 14.2 Å². The summed E-state index contributed by atoms with van der Waals surface area (Å²) in [6.45, 7) is 12.5. The van der Waals surface area contributed by atoms with Gasteiger partial charge in [0.25, 0.3) is 0 Å². The van der Waals surface area contributed by atoms with E-state index >= 15 is 0 Å². The van der Waals surface area contributed by atoms with Crippen molar-refractivity contribution in [2.75, 3.05) is 19.8 Å². The van der Waals surface area contributed by atoms with Crippen molar-refractivity contribution in [2.24, 2.45) is 23.2 Å². The van der Waals surface area contributed by atoms with Crippen molar-refractivity contribution in [1.82, 2.24) is 0 Å². The Morgan fingerprint density at radius 2 is 1.83 bits per heavy atom. The molecule has 5 aliphatic rings. The van der Waals surface area contributed by atoms with Crippen molar-refractivity contribution in [2.45, 2.75) is 76.6 Å². The van der Waals surface area contributed by atoms with Crippen LogP contribution in [0.4, 0.5) is 0 Å². The molecule has 4 nitrogen and oxygen atoms in total. The predicted molar refractivity (Wildman–Crippen MR) is 138 cm³/mol. The molecule has 4 heteroatoms. The quantitative estimate of drug-likeness (QED) is 0.405. The Bertz CT molecular complexity index is 1060. The molecule has 0 radical (unpaired) electrons. The molecule has 1 aromatic rings. The van der Waals surface area contributed by atoms with Gasteiger partial charge in [-0.15, -0.1) is 0 Å². The van der Waals surface area contributed by atoms with E-state index in [-0.39, 0.29) is 11.2 Å². The molecule has 35 heavy (non-hydrogen) atoms. The molecule has 3 fully saturated rings. The van der Waals surface area contributed by atoms with Gasteiger partial charge in [-0.2, -0.15) is 0 Å². The number of fused-ring (bicyclic) bond motifs is 5. The van der Waals surface area contributed by atoms with Crippen molar-refractivity contribution in [3.05, 3.63) is 65.3 Å². The molecule has 0 unspecified atom stereocenters. The summed E-state index contributed by atoms with van der Waals surface area (Å²) in [5.74, 6) is 2.32. The summed E-state index contributed by atoms with van der Waals surface area (Å²) in [7, 11) is 0. The molecular weight excluding hydrogens is 436 g/mol.